The Kier molecular flexibility index (Phi) is 6.16. The molecular weight excluding hydrogens is 568 g/mol. The Morgan fingerprint density at radius 2 is 1.91 bits per heavy atom. The molecule has 4 heterocycles. The molecule has 0 aliphatic heterocycles. The summed E-state index contributed by atoms with van der Waals surface area (Å²) in [5.41, 5.74) is 2.74. The Morgan fingerprint density at radius 1 is 1.09 bits per heavy atom. The average molecular weight is 586 g/mol. The molecule has 0 atom stereocenters. The molecule has 1 amide bonds. The fraction of sp³-hybridized carbons (Fsp3) is 0.136. The van der Waals surface area contributed by atoms with Crippen LogP contribution in [0.5, 0.6) is 5.75 Å². The Morgan fingerprint density at radius 3 is 2.68 bits per heavy atom. The zero-order valence-electron chi connectivity index (χ0n) is 17.9. The summed E-state index contributed by atoms with van der Waals surface area (Å²) in [6, 6.07) is 10.9. The lowest BCUT2D eigenvalue weighted by Gasteiger charge is -2.05. The molecule has 0 spiro atoms. The Hall–Kier alpha value is -3.51. The molecule has 0 aliphatic carbocycles. The number of fused-ring (bicyclic) bond motifs is 1. The van der Waals surface area contributed by atoms with Gasteiger partial charge in [-0.05, 0) is 53.2 Å². The number of ether oxygens (including phenoxy) is 1. The number of nitrogens with one attached hydrogen (secondary N) is 1. The van der Waals surface area contributed by atoms with E-state index in [1.165, 1.54) is 0 Å². The lowest BCUT2D eigenvalue weighted by molar-refractivity contribution is 0.102. The van der Waals surface area contributed by atoms with Crippen LogP contribution < -0.4 is 10.1 Å². The molecule has 0 bridgehead atoms. The third-order valence-electron chi connectivity index (χ3n) is 4.94. The van der Waals surface area contributed by atoms with E-state index in [0.717, 1.165) is 26.9 Å². The van der Waals surface area contributed by atoms with Crippen LogP contribution in [-0.4, -0.2) is 40.1 Å². The minimum absolute atomic E-state index is 0.207. The van der Waals surface area contributed by atoms with E-state index in [2.05, 4.69) is 57.5 Å². The maximum atomic E-state index is 12.9. The second kappa shape index (κ2) is 9.39. The molecule has 0 fully saturated rings. The first kappa shape index (κ1) is 22.3. The lowest BCUT2D eigenvalue weighted by atomic mass is 10.3. The summed E-state index contributed by atoms with van der Waals surface area (Å²) in [5, 5.41) is 16.1. The maximum Gasteiger partial charge on any atom is 0.276 e. The molecule has 5 rings (SSSR count). The largest absolute Gasteiger partial charge is 0.471 e. The van der Waals surface area contributed by atoms with Crippen LogP contribution in [0.25, 0.3) is 17.0 Å². The molecule has 0 aliphatic rings. The number of aromatic nitrogens is 7. The van der Waals surface area contributed by atoms with Crippen LogP contribution in [-0.2, 0) is 13.3 Å². The van der Waals surface area contributed by atoms with Crippen molar-refractivity contribution in [1.82, 2.24) is 34.2 Å². The van der Waals surface area contributed by atoms with E-state index in [1.807, 2.05) is 48.1 Å². The van der Waals surface area contributed by atoms with E-state index in [1.54, 1.807) is 33.9 Å². The van der Waals surface area contributed by atoms with E-state index < -0.39 is 0 Å². The second-order valence-electron chi connectivity index (χ2n) is 7.26. The third-order valence-corrected chi connectivity index (χ3v) is 6.05. The fourth-order valence-electron chi connectivity index (χ4n) is 3.28. The molecule has 172 valence electrons. The van der Waals surface area contributed by atoms with Crippen LogP contribution in [0.1, 0.15) is 17.4 Å². The summed E-state index contributed by atoms with van der Waals surface area (Å²) in [6.07, 6.45) is 6.80. The molecule has 0 saturated heterocycles. The van der Waals surface area contributed by atoms with Crippen molar-refractivity contribution in [2.75, 3.05) is 5.32 Å². The van der Waals surface area contributed by atoms with Crippen molar-refractivity contribution >= 4 is 49.1 Å². The van der Waals surface area contributed by atoms with Crippen molar-refractivity contribution < 1.29 is 9.53 Å². The Bertz CT molecular complexity index is 1470. The van der Waals surface area contributed by atoms with Gasteiger partial charge in [-0.15, -0.1) is 0 Å². The highest BCUT2D eigenvalue weighted by atomic mass is 79.9. The van der Waals surface area contributed by atoms with E-state index in [9.17, 15) is 4.79 Å². The van der Waals surface area contributed by atoms with E-state index in [4.69, 9.17) is 4.74 Å². The molecule has 0 radical (unpaired) electrons. The predicted molar refractivity (Wildman–Crippen MR) is 133 cm³/mol. The summed E-state index contributed by atoms with van der Waals surface area (Å²) >= 11 is 6.94. The highest BCUT2D eigenvalue weighted by Gasteiger charge is 2.18. The van der Waals surface area contributed by atoms with Crippen LogP contribution in [0.2, 0.25) is 0 Å². The topological polar surface area (TPSA) is 104 Å². The van der Waals surface area contributed by atoms with Gasteiger partial charge in [0.05, 0.1) is 28.2 Å². The summed E-state index contributed by atoms with van der Waals surface area (Å²) in [7, 11) is 0. The number of benzene rings is 1. The van der Waals surface area contributed by atoms with Crippen molar-refractivity contribution in [2.24, 2.45) is 0 Å². The molecule has 5 aromatic rings. The molecular formula is C22H18Br2N8O2. The SMILES string of the molecule is CCn1cc(Br)c(-c2ccnc3cc(C(=O)Nc4cnn(COc5ccc(Br)cc5)c4)nn23)n1. The van der Waals surface area contributed by atoms with Gasteiger partial charge in [0.25, 0.3) is 5.91 Å². The molecule has 0 saturated carbocycles. The quantitative estimate of drug-likeness (QED) is 0.299. The molecule has 12 heteroatoms. The average Bonchev–Trinajstić information content (AvgIpc) is 3.56. The van der Waals surface area contributed by atoms with Gasteiger partial charge in [-0.2, -0.15) is 15.3 Å². The van der Waals surface area contributed by atoms with Crippen LogP contribution in [0, 0.1) is 0 Å². The number of rotatable bonds is 7. The number of aryl methyl sites for hydroxylation is 1. The standard InChI is InChI=1S/C22H18Br2N8O2/c1-2-30-12-17(24)21(29-30)19-7-8-25-20-9-18(28-32(19)20)22(33)27-15-10-26-31(11-15)13-34-16-5-3-14(23)4-6-16/h3-12H,2,13H2,1H3,(H,27,33). The van der Waals surface area contributed by atoms with E-state index in [-0.39, 0.29) is 18.3 Å². The van der Waals surface area contributed by atoms with E-state index in [0.29, 0.717) is 17.1 Å². The number of carbonyl (C=O) groups is 1. The van der Waals surface area contributed by atoms with Gasteiger partial charge in [-0.1, -0.05) is 15.9 Å². The molecule has 1 N–H and O–H groups in total. The van der Waals surface area contributed by atoms with Gasteiger partial charge in [0.15, 0.2) is 18.1 Å². The first-order valence-corrected chi connectivity index (χ1v) is 11.9. The van der Waals surface area contributed by atoms with Crippen molar-refractivity contribution in [3.05, 3.63) is 75.8 Å². The highest BCUT2D eigenvalue weighted by molar-refractivity contribution is 9.10. The number of amides is 1. The smallest absolute Gasteiger partial charge is 0.276 e. The normalized spacial score (nSPS) is 11.1. The zero-order valence-corrected chi connectivity index (χ0v) is 21.1. The highest BCUT2D eigenvalue weighted by Crippen LogP contribution is 2.27. The molecule has 34 heavy (non-hydrogen) atoms. The Labute approximate surface area is 210 Å². The van der Waals surface area contributed by atoms with Crippen LogP contribution in [0.4, 0.5) is 5.69 Å². The van der Waals surface area contributed by atoms with Crippen molar-refractivity contribution in [2.45, 2.75) is 20.2 Å². The van der Waals surface area contributed by atoms with Crippen molar-refractivity contribution in [3.63, 3.8) is 0 Å². The maximum absolute atomic E-state index is 12.9. The monoisotopic (exact) mass is 584 g/mol. The van der Waals surface area contributed by atoms with Crippen LogP contribution in [0.15, 0.2) is 70.1 Å². The Balaban J connectivity index is 1.31. The van der Waals surface area contributed by atoms with E-state index >= 15 is 0 Å². The molecule has 1 aromatic carbocycles. The minimum Gasteiger partial charge on any atom is -0.471 e. The molecule has 0 unspecified atom stereocenters. The summed E-state index contributed by atoms with van der Waals surface area (Å²) in [6.45, 7) is 2.96. The number of carbonyl (C=O) groups excluding carboxylic acids is 1. The van der Waals surface area contributed by atoms with Crippen molar-refractivity contribution in [1.29, 1.82) is 0 Å². The van der Waals surface area contributed by atoms with Crippen LogP contribution >= 0.6 is 31.9 Å². The number of nitrogens with zero attached hydrogens (tertiary/aromatic N) is 7. The number of halogens is 2. The van der Waals surface area contributed by atoms with Gasteiger partial charge in [0, 0.05) is 29.5 Å². The van der Waals surface area contributed by atoms with Crippen molar-refractivity contribution in [3.8, 4) is 17.1 Å². The van der Waals surface area contributed by atoms with Gasteiger partial charge in [-0.3, -0.25) is 9.48 Å². The first-order valence-electron chi connectivity index (χ1n) is 10.3. The summed E-state index contributed by atoms with van der Waals surface area (Å²) < 4.78 is 12.5. The minimum atomic E-state index is -0.372. The summed E-state index contributed by atoms with van der Waals surface area (Å²) in [5.74, 6) is 0.343. The summed E-state index contributed by atoms with van der Waals surface area (Å²) in [4.78, 5) is 17.2. The lowest BCUT2D eigenvalue weighted by Crippen LogP contribution is -2.12. The second-order valence-corrected chi connectivity index (χ2v) is 9.03. The first-order chi connectivity index (χ1) is 16.5. The molecule has 10 nitrogen and oxygen atoms in total. The third kappa shape index (κ3) is 4.59. The predicted octanol–water partition coefficient (Wildman–Crippen LogP) is 4.62. The molecule has 4 aromatic heterocycles. The number of hydrogen-bond donors (Lipinski definition) is 1. The zero-order chi connectivity index (χ0) is 23.7. The number of anilines is 1. The van der Waals surface area contributed by atoms with Crippen LogP contribution in [0.3, 0.4) is 0 Å². The van der Waals surface area contributed by atoms with Gasteiger partial charge >= 0.3 is 0 Å². The van der Waals surface area contributed by atoms with Gasteiger partial charge in [-0.25, -0.2) is 14.2 Å². The van der Waals surface area contributed by atoms with Gasteiger partial charge in [0.2, 0.25) is 0 Å². The number of hydrogen-bond acceptors (Lipinski definition) is 6. The fourth-order valence-corrected chi connectivity index (χ4v) is 4.07. The van der Waals surface area contributed by atoms with Gasteiger partial charge in [0.1, 0.15) is 11.4 Å². The van der Waals surface area contributed by atoms with Gasteiger partial charge < -0.3 is 10.1 Å².